The van der Waals surface area contributed by atoms with E-state index in [4.69, 9.17) is 9.47 Å². The van der Waals surface area contributed by atoms with Crippen LogP contribution in [0.4, 0.5) is 9.59 Å². The molecule has 2 rings (SSSR count). The maximum absolute atomic E-state index is 11.9. The molecular weight excluding hydrogens is 322 g/mol. The monoisotopic (exact) mass is 349 g/mol. The molecule has 0 aromatic heterocycles. The summed E-state index contributed by atoms with van der Waals surface area (Å²) in [5.41, 5.74) is 1.14. The average molecular weight is 349 g/mol. The molecule has 0 radical (unpaired) electrons. The van der Waals surface area contributed by atoms with Crippen molar-refractivity contribution in [3.8, 4) is 5.75 Å². The van der Waals surface area contributed by atoms with Crippen molar-refractivity contribution in [1.29, 1.82) is 0 Å². The van der Waals surface area contributed by atoms with Crippen LogP contribution in [0, 0.1) is 6.92 Å². The van der Waals surface area contributed by atoms with Crippen molar-refractivity contribution in [1.82, 2.24) is 15.5 Å². The fourth-order valence-corrected chi connectivity index (χ4v) is 2.70. The molecule has 0 bridgehead atoms. The molecule has 1 aliphatic rings. The van der Waals surface area contributed by atoms with Gasteiger partial charge >= 0.3 is 12.1 Å². The second kappa shape index (κ2) is 9.76. The summed E-state index contributed by atoms with van der Waals surface area (Å²) in [7, 11) is 0. The van der Waals surface area contributed by atoms with Crippen molar-refractivity contribution in [2.75, 3.05) is 32.8 Å². The van der Waals surface area contributed by atoms with Gasteiger partial charge in [0.1, 0.15) is 12.4 Å². The Morgan fingerprint density at radius 1 is 1.28 bits per heavy atom. The molecule has 0 spiro atoms. The first-order valence-corrected chi connectivity index (χ1v) is 8.74. The van der Waals surface area contributed by atoms with Crippen LogP contribution in [0.3, 0.4) is 0 Å². The van der Waals surface area contributed by atoms with Crippen LogP contribution in [0.2, 0.25) is 0 Å². The Morgan fingerprint density at radius 3 is 2.72 bits per heavy atom. The van der Waals surface area contributed by atoms with Gasteiger partial charge in [-0.05, 0) is 44.4 Å². The number of urea groups is 1. The lowest BCUT2D eigenvalue weighted by molar-refractivity contribution is 0.0957. The van der Waals surface area contributed by atoms with Gasteiger partial charge in [0, 0.05) is 19.1 Å². The van der Waals surface area contributed by atoms with Gasteiger partial charge in [0.05, 0.1) is 13.2 Å². The normalized spacial score (nSPS) is 14.7. The van der Waals surface area contributed by atoms with Crippen LogP contribution in [-0.2, 0) is 4.74 Å². The molecule has 7 nitrogen and oxygen atoms in total. The number of hydrogen-bond acceptors (Lipinski definition) is 4. The predicted molar refractivity (Wildman–Crippen MR) is 94.8 cm³/mol. The Kier molecular flexibility index (Phi) is 7.37. The fraction of sp³-hybridized carbons (Fsp3) is 0.556. The maximum atomic E-state index is 11.9. The molecule has 1 aliphatic heterocycles. The lowest BCUT2D eigenvalue weighted by Crippen LogP contribution is -2.49. The summed E-state index contributed by atoms with van der Waals surface area (Å²) in [4.78, 5) is 25.2. The number of nitrogens with zero attached hydrogens (tertiary/aromatic N) is 1. The Labute approximate surface area is 148 Å². The Balaban J connectivity index is 1.59. The molecule has 2 N–H and O–H groups in total. The summed E-state index contributed by atoms with van der Waals surface area (Å²) in [6.45, 7) is 6.22. The summed E-state index contributed by atoms with van der Waals surface area (Å²) in [5.74, 6) is 0.800. The van der Waals surface area contributed by atoms with E-state index in [0.29, 0.717) is 32.8 Å². The average Bonchev–Trinajstić information content (AvgIpc) is 2.60. The smallest absolute Gasteiger partial charge is 0.409 e. The minimum atomic E-state index is -0.279. The molecule has 0 unspecified atom stereocenters. The molecule has 1 fully saturated rings. The number of hydrogen-bond donors (Lipinski definition) is 2. The first-order valence-electron chi connectivity index (χ1n) is 8.74. The van der Waals surface area contributed by atoms with E-state index in [1.54, 1.807) is 11.8 Å². The molecule has 1 saturated heterocycles. The molecule has 1 aromatic carbocycles. The van der Waals surface area contributed by atoms with Crippen molar-refractivity contribution in [3.63, 3.8) is 0 Å². The van der Waals surface area contributed by atoms with Gasteiger partial charge in [0.15, 0.2) is 0 Å². The zero-order chi connectivity index (χ0) is 18.1. The third-order valence-corrected chi connectivity index (χ3v) is 4.00. The highest BCUT2D eigenvalue weighted by Crippen LogP contribution is 2.12. The zero-order valence-corrected chi connectivity index (χ0v) is 14.9. The Bertz CT molecular complexity index is 571. The van der Waals surface area contributed by atoms with Crippen LogP contribution in [0.1, 0.15) is 25.3 Å². The lowest BCUT2D eigenvalue weighted by atomic mass is 10.1. The van der Waals surface area contributed by atoms with Crippen LogP contribution in [0.15, 0.2) is 24.3 Å². The molecule has 0 atom stereocenters. The molecule has 3 amide bonds. The summed E-state index contributed by atoms with van der Waals surface area (Å²) >= 11 is 0. The topological polar surface area (TPSA) is 79.9 Å². The maximum Gasteiger partial charge on any atom is 0.409 e. The molecule has 1 aromatic rings. The van der Waals surface area contributed by atoms with E-state index in [2.05, 4.69) is 10.6 Å². The van der Waals surface area contributed by atoms with Crippen LogP contribution >= 0.6 is 0 Å². The number of ether oxygens (including phenoxy) is 2. The number of piperidine rings is 1. The standard InChI is InChI=1S/C18H27N3O4/c1-3-24-18(23)21-10-7-15(8-11-21)20-17(22)19-9-12-25-16-6-4-5-14(2)13-16/h4-6,13,15H,3,7-12H2,1-2H3,(H2,19,20,22). The minimum Gasteiger partial charge on any atom is -0.492 e. The minimum absolute atomic E-state index is 0.0726. The molecule has 1 heterocycles. The summed E-state index contributed by atoms with van der Waals surface area (Å²) < 4.78 is 10.6. The number of carbonyl (C=O) groups excluding carboxylic acids is 2. The fourth-order valence-electron chi connectivity index (χ4n) is 2.70. The van der Waals surface area contributed by atoms with Gasteiger partial charge in [-0.2, -0.15) is 0 Å². The third-order valence-electron chi connectivity index (χ3n) is 4.00. The number of nitrogens with one attached hydrogen (secondary N) is 2. The number of amides is 3. The summed E-state index contributed by atoms with van der Waals surface area (Å²) in [5, 5.41) is 5.72. The lowest BCUT2D eigenvalue weighted by Gasteiger charge is -2.31. The van der Waals surface area contributed by atoms with Crippen LogP contribution in [0.5, 0.6) is 5.75 Å². The van der Waals surface area contributed by atoms with Crippen LogP contribution in [0.25, 0.3) is 0 Å². The van der Waals surface area contributed by atoms with E-state index >= 15 is 0 Å². The molecule has 7 heteroatoms. The first kappa shape index (κ1) is 18.9. The van der Waals surface area contributed by atoms with Crippen molar-refractivity contribution in [3.05, 3.63) is 29.8 Å². The largest absolute Gasteiger partial charge is 0.492 e. The van der Waals surface area contributed by atoms with E-state index in [9.17, 15) is 9.59 Å². The van der Waals surface area contributed by atoms with Crippen molar-refractivity contribution < 1.29 is 19.1 Å². The molecular formula is C18H27N3O4. The summed E-state index contributed by atoms with van der Waals surface area (Å²) in [6.07, 6.45) is 1.18. The van der Waals surface area contributed by atoms with Crippen molar-refractivity contribution >= 4 is 12.1 Å². The number of aryl methyl sites for hydroxylation is 1. The predicted octanol–water partition coefficient (Wildman–Crippen LogP) is 2.29. The highest BCUT2D eigenvalue weighted by molar-refractivity contribution is 5.74. The zero-order valence-electron chi connectivity index (χ0n) is 14.9. The Hall–Kier alpha value is -2.44. The number of rotatable bonds is 6. The van der Waals surface area contributed by atoms with Gasteiger partial charge in [-0.3, -0.25) is 0 Å². The van der Waals surface area contributed by atoms with E-state index in [1.807, 2.05) is 31.2 Å². The van der Waals surface area contributed by atoms with Gasteiger partial charge in [0.25, 0.3) is 0 Å². The number of benzene rings is 1. The third kappa shape index (κ3) is 6.52. The van der Waals surface area contributed by atoms with Crippen molar-refractivity contribution in [2.24, 2.45) is 0 Å². The summed E-state index contributed by atoms with van der Waals surface area (Å²) in [6, 6.07) is 7.66. The van der Waals surface area contributed by atoms with E-state index in [-0.39, 0.29) is 18.2 Å². The van der Waals surface area contributed by atoms with Gasteiger partial charge < -0.3 is 25.0 Å². The van der Waals surface area contributed by atoms with Gasteiger partial charge in [-0.1, -0.05) is 12.1 Å². The second-order valence-electron chi connectivity index (χ2n) is 6.03. The molecule has 138 valence electrons. The van der Waals surface area contributed by atoms with Crippen LogP contribution < -0.4 is 15.4 Å². The highest BCUT2D eigenvalue weighted by atomic mass is 16.6. The molecule has 0 aliphatic carbocycles. The SMILES string of the molecule is CCOC(=O)N1CCC(NC(=O)NCCOc2cccc(C)c2)CC1. The van der Waals surface area contributed by atoms with E-state index in [1.165, 1.54) is 0 Å². The van der Waals surface area contributed by atoms with E-state index in [0.717, 1.165) is 24.2 Å². The number of carbonyl (C=O) groups is 2. The quantitative estimate of drug-likeness (QED) is 0.772. The van der Waals surface area contributed by atoms with Gasteiger partial charge in [-0.15, -0.1) is 0 Å². The van der Waals surface area contributed by atoms with Gasteiger partial charge in [-0.25, -0.2) is 9.59 Å². The molecule has 0 saturated carbocycles. The highest BCUT2D eigenvalue weighted by Gasteiger charge is 2.24. The van der Waals surface area contributed by atoms with Crippen LogP contribution in [-0.4, -0.2) is 55.9 Å². The first-order chi connectivity index (χ1) is 12.1. The second-order valence-corrected chi connectivity index (χ2v) is 6.03. The van der Waals surface area contributed by atoms with Gasteiger partial charge in [0.2, 0.25) is 0 Å². The number of likely N-dealkylation sites (tertiary alicyclic amines) is 1. The van der Waals surface area contributed by atoms with Crippen molar-refractivity contribution in [2.45, 2.75) is 32.7 Å². The molecule has 25 heavy (non-hydrogen) atoms. The van der Waals surface area contributed by atoms with E-state index < -0.39 is 0 Å². The Morgan fingerprint density at radius 2 is 2.04 bits per heavy atom.